The summed E-state index contributed by atoms with van der Waals surface area (Å²) in [7, 11) is 1.62. The summed E-state index contributed by atoms with van der Waals surface area (Å²) in [6.07, 6.45) is 1.45. The normalized spacial score (nSPS) is 11.0. The van der Waals surface area contributed by atoms with E-state index in [1.807, 2.05) is 55.5 Å². The first-order valence-corrected chi connectivity index (χ1v) is 8.83. The number of aryl methyl sites for hydroxylation is 1. The summed E-state index contributed by atoms with van der Waals surface area (Å²) >= 11 is 0. The number of amides is 1. The van der Waals surface area contributed by atoms with Crippen molar-refractivity contribution in [3.05, 3.63) is 70.9 Å². The third-order valence-electron chi connectivity index (χ3n) is 4.24. The Bertz CT molecular complexity index is 862. The van der Waals surface area contributed by atoms with Gasteiger partial charge in [0.1, 0.15) is 17.4 Å². The van der Waals surface area contributed by atoms with Crippen molar-refractivity contribution < 1.29 is 9.53 Å². The molecule has 2 aromatic rings. The van der Waals surface area contributed by atoms with Crippen LogP contribution >= 0.6 is 0 Å². The van der Waals surface area contributed by atoms with E-state index in [-0.39, 0.29) is 11.5 Å². The fourth-order valence-corrected chi connectivity index (χ4v) is 2.69. The molecule has 2 rings (SSSR count). The minimum atomic E-state index is -0.420. The predicted molar refractivity (Wildman–Crippen MR) is 107 cm³/mol. The van der Waals surface area contributed by atoms with Crippen molar-refractivity contribution in [3.63, 3.8) is 0 Å². The standard InChI is InChI=1S/C22H25N3O2/c1-15(2)20-7-5-6-16(3)21(20)25-22(26)18(12-23)14-24-13-17-8-10-19(27-4)11-9-17/h5-11,14-15,24H,13H2,1-4H3,(H,25,26)/b18-14-. The second kappa shape index (κ2) is 9.44. The lowest BCUT2D eigenvalue weighted by Gasteiger charge is -2.16. The van der Waals surface area contributed by atoms with Gasteiger partial charge in [0, 0.05) is 18.4 Å². The van der Waals surface area contributed by atoms with Crippen LogP contribution in [0.3, 0.4) is 0 Å². The highest BCUT2D eigenvalue weighted by Crippen LogP contribution is 2.27. The molecule has 5 nitrogen and oxygen atoms in total. The minimum absolute atomic E-state index is 0.0291. The highest BCUT2D eigenvalue weighted by Gasteiger charge is 2.15. The molecule has 0 spiro atoms. The lowest BCUT2D eigenvalue weighted by molar-refractivity contribution is -0.112. The van der Waals surface area contributed by atoms with Crippen LogP contribution in [0.2, 0.25) is 0 Å². The van der Waals surface area contributed by atoms with Crippen LogP contribution in [-0.2, 0) is 11.3 Å². The zero-order chi connectivity index (χ0) is 19.8. The number of nitrogens with zero attached hydrogens (tertiary/aromatic N) is 1. The lowest BCUT2D eigenvalue weighted by atomic mass is 9.98. The van der Waals surface area contributed by atoms with Crippen molar-refractivity contribution in [2.24, 2.45) is 0 Å². The van der Waals surface area contributed by atoms with Crippen molar-refractivity contribution in [2.45, 2.75) is 33.2 Å². The summed E-state index contributed by atoms with van der Waals surface area (Å²) < 4.78 is 5.12. The maximum Gasteiger partial charge on any atom is 0.267 e. The third kappa shape index (κ3) is 5.35. The molecule has 5 heteroatoms. The lowest BCUT2D eigenvalue weighted by Crippen LogP contribution is -2.18. The van der Waals surface area contributed by atoms with Crippen molar-refractivity contribution >= 4 is 11.6 Å². The van der Waals surface area contributed by atoms with Crippen molar-refractivity contribution in [2.75, 3.05) is 12.4 Å². The first-order valence-electron chi connectivity index (χ1n) is 8.83. The number of rotatable bonds is 7. The fraction of sp³-hybridized carbons (Fsp3) is 0.273. The Morgan fingerprint density at radius 3 is 2.52 bits per heavy atom. The molecule has 2 N–H and O–H groups in total. The summed E-state index contributed by atoms with van der Waals surface area (Å²) in [5, 5.41) is 15.3. The van der Waals surface area contributed by atoms with Gasteiger partial charge in [0.05, 0.1) is 7.11 Å². The Hall–Kier alpha value is -3.26. The molecular formula is C22H25N3O2. The van der Waals surface area contributed by atoms with Crippen LogP contribution in [0.5, 0.6) is 5.75 Å². The predicted octanol–water partition coefficient (Wildman–Crippen LogP) is 4.26. The van der Waals surface area contributed by atoms with Gasteiger partial charge in [-0.15, -0.1) is 0 Å². The molecule has 0 aliphatic heterocycles. The van der Waals surface area contributed by atoms with Crippen LogP contribution in [0, 0.1) is 18.3 Å². The van der Waals surface area contributed by atoms with E-state index in [1.165, 1.54) is 6.20 Å². The zero-order valence-corrected chi connectivity index (χ0v) is 16.2. The third-order valence-corrected chi connectivity index (χ3v) is 4.24. The average molecular weight is 363 g/mol. The number of hydrogen-bond acceptors (Lipinski definition) is 4. The van der Waals surface area contributed by atoms with E-state index in [1.54, 1.807) is 7.11 Å². The van der Waals surface area contributed by atoms with E-state index < -0.39 is 5.91 Å². The molecule has 0 saturated heterocycles. The smallest absolute Gasteiger partial charge is 0.267 e. The quantitative estimate of drug-likeness (QED) is 0.569. The average Bonchev–Trinajstić information content (AvgIpc) is 2.67. The maximum atomic E-state index is 12.5. The van der Waals surface area contributed by atoms with Gasteiger partial charge in [0.2, 0.25) is 0 Å². The molecule has 0 fully saturated rings. The highest BCUT2D eigenvalue weighted by atomic mass is 16.5. The van der Waals surface area contributed by atoms with Gasteiger partial charge in [-0.2, -0.15) is 5.26 Å². The van der Waals surface area contributed by atoms with Gasteiger partial charge in [0.25, 0.3) is 5.91 Å². The van der Waals surface area contributed by atoms with E-state index in [0.717, 1.165) is 28.1 Å². The Morgan fingerprint density at radius 1 is 1.22 bits per heavy atom. The van der Waals surface area contributed by atoms with Gasteiger partial charge < -0.3 is 15.4 Å². The van der Waals surface area contributed by atoms with Gasteiger partial charge in [-0.05, 0) is 41.7 Å². The Morgan fingerprint density at radius 2 is 1.93 bits per heavy atom. The van der Waals surface area contributed by atoms with E-state index >= 15 is 0 Å². The number of nitriles is 1. The van der Waals surface area contributed by atoms with Crippen LogP contribution in [0.15, 0.2) is 54.2 Å². The first kappa shape index (κ1) is 20.1. The number of carbonyl (C=O) groups is 1. The summed E-state index contributed by atoms with van der Waals surface area (Å²) in [4.78, 5) is 12.5. The fourth-order valence-electron chi connectivity index (χ4n) is 2.69. The molecule has 2 aromatic carbocycles. The largest absolute Gasteiger partial charge is 0.497 e. The molecule has 0 bridgehead atoms. The Balaban J connectivity index is 2.07. The van der Waals surface area contributed by atoms with Crippen LogP contribution in [0.4, 0.5) is 5.69 Å². The van der Waals surface area contributed by atoms with E-state index in [2.05, 4.69) is 24.5 Å². The maximum absolute atomic E-state index is 12.5. The van der Waals surface area contributed by atoms with Gasteiger partial charge >= 0.3 is 0 Å². The van der Waals surface area contributed by atoms with Crippen LogP contribution in [0.1, 0.15) is 36.5 Å². The SMILES string of the molecule is COc1ccc(CN/C=C(/C#N)C(=O)Nc2c(C)cccc2C(C)C)cc1. The monoisotopic (exact) mass is 363 g/mol. The molecule has 0 heterocycles. The molecule has 27 heavy (non-hydrogen) atoms. The van der Waals surface area contributed by atoms with Crippen LogP contribution in [0.25, 0.3) is 0 Å². The molecular weight excluding hydrogens is 338 g/mol. The van der Waals surface area contributed by atoms with Crippen molar-refractivity contribution in [1.29, 1.82) is 5.26 Å². The van der Waals surface area contributed by atoms with E-state index in [4.69, 9.17) is 4.74 Å². The number of carbonyl (C=O) groups excluding carboxylic acids is 1. The van der Waals surface area contributed by atoms with Crippen molar-refractivity contribution in [3.8, 4) is 11.8 Å². The number of para-hydroxylation sites is 1. The molecule has 0 aromatic heterocycles. The summed E-state index contributed by atoms with van der Waals surface area (Å²) in [6.45, 7) is 6.59. The molecule has 140 valence electrons. The van der Waals surface area contributed by atoms with Crippen molar-refractivity contribution in [1.82, 2.24) is 5.32 Å². The topological polar surface area (TPSA) is 74.1 Å². The van der Waals surface area contributed by atoms with Gasteiger partial charge in [-0.25, -0.2) is 0 Å². The second-order valence-electron chi connectivity index (χ2n) is 6.55. The van der Waals surface area contributed by atoms with Gasteiger partial charge in [-0.1, -0.05) is 44.2 Å². The van der Waals surface area contributed by atoms with E-state index in [0.29, 0.717) is 6.54 Å². The number of methoxy groups -OCH3 is 1. The Labute approximate surface area is 160 Å². The number of benzene rings is 2. The molecule has 0 saturated carbocycles. The number of anilines is 1. The molecule has 0 atom stereocenters. The molecule has 0 aliphatic rings. The summed E-state index contributed by atoms with van der Waals surface area (Å²) in [5.74, 6) is 0.629. The first-order chi connectivity index (χ1) is 13.0. The summed E-state index contributed by atoms with van der Waals surface area (Å²) in [5.41, 5.74) is 3.84. The van der Waals surface area contributed by atoms with E-state index in [9.17, 15) is 10.1 Å². The second-order valence-corrected chi connectivity index (χ2v) is 6.55. The van der Waals surface area contributed by atoms with Crippen LogP contribution in [-0.4, -0.2) is 13.0 Å². The summed E-state index contributed by atoms with van der Waals surface area (Å²) in [6, 6.07) is 15.4. The zero-order valence-electron chi connectivity index (χ0n) is 16.2. The van der Waals surface area contributed by atoms with Gasteiger partial charge in [0.15, 0.2) is 0 Å². The number of nitrogens with one attached hydrogen (secondary N) is 2. The number of hydrogen-bond donors (Lipinski definition) is 2. The number of ether oxygens (including phenoxy) is 1. The van der Waals surface area contributed by atoms with Crippen LogP contribution < -0.4 is 15.4 Å². The molecule has 0 aliphatic carbocycles. The molecule has 1 amide bonds. The van der Waals surface area contributed by atoms with Gasteiger partial charge in [-0.3, -0.25) is 4.79 Å². The molecule has 0 unspecified atom stereocenters. The minimum Gasteiger partial charge on any atom is -0.497 e. The molecule has 0 radical (unpaired) electrons. The highest BCUT2D eigenvalue weighted by molar-refractivity contribution is 6.07. The Kier molecular flexibility index (Phi) is 7.01.